The van der Waals surface area contributed by atoms with Gasteiger partial charge in [-0.2, -0.15) is 5.10 Å². The van der Waals surface area contributed by atoms with Gasteiger partial charge < -0.3 is 10.1 Å². The number of hydrogen-bond donors (Lipinski definition) is 1. The summed E-state index contributed by atoms with van der Waals surface area (Å²) < 4.78 is 7.18. The van der Waals surface area contributed by atoms with Gasteiger partial charge in [-0.15, -0.1) is 0 Å². The van der Waals surface area contributed by atoms with Crippen LogP contribution in [-0.2, 0) is 6.42 Å². The molecule has 1 aliphatic rings. The molecule has 2 aromatic heterocycles. The van der Waals surface area contributed by atoms with Gasteiger partial charge >= 0.3 is 0 Å². The van der Waals surface area contributed by atoms with E-state index in [2.05, 4.69) is 15.4 Å². The second-order valence-corrected chi connectivity index (χ2v) is 6.79. The molecule has 1 aromatic carbocycles. The average molecular weight is 362 g/mol. The van der Waals surface area contributed by atoms with Crippen LogP contribution >= 0.6 is 0 Å². The van der Waals surface area contributed by atoms with Gasteiger partial charge in [-0.25, -0.2) is 4.68 Å². The first-order chi connectivity index (χ1) is 13.2. The number of fused-ring (bicyclic) bond motifs is 1. The topological polar surface area (TPSA) is 69.0 Å². The van der Waals surface area contributed by atoms with E-state index in [1.54, 1.807) is 19.4 Å². The van der Waals surface area contributed by atoms with E-state index >= 15 is 0 Å². The molecule has 0 spiro atoms. The number of amides is 1. The number of carbonyl (C=O) groups excluding carboxylic acids is 1. The van der Waals surface area contributed by atoms with E-state index in [1.807, 2.05) is 48.1 Å². The molecule has 3 aromatic rings. The molecule has 0 radical (unpaired) electrons. The first-order valence-corrected chi connectivity index (χ1v) is 9.10. The summed E-state index contributed by atoms with van der Waals surface area (Å²) in [6.07, 6.45) is 6.38. The number of methoxy groups -OCH3 is 1. The van der Waals surface area contributed by atoms with Gasteiger partial charge in [-0.05, 0) is 68.1 Å². The largest absolute Gasteiger partial charge is 0.497 e. The Kier molecular flexibility index (Phi) is 4.62. The lowest BCUT2D eigenvalue weighted by Crippen LogP contribution is -2.31. The lowest BCUT2D eigenvalue weighted by atomic mass is 9.92. The molecule has 6 heteroatoms. The standard InChI is InChI=1S/C21H22N4O2/c1-14-10-11-22-19(12-14)21(26)24-18-4-3-5-20-17(18)13-23-25(20)15-6-8-16(27-2)9-7-15/h6-13,18H,3-5H2,1-2H3,(H,24,26). The third-order valence-electron chi connectivity index (χ3n) is 4.95. The fourth-order valence-corrected chi connectivity index (χ4v) is 3.55. The minimum Gasteiger partial charge on any atom is -0.497 e. The number of rotatable bonds is 4. The number of nitrogens with one attached hydrogen (secondary N) is 1. The van der Waals surface area contributed by atoms with Crippen LogP contribution in [0.3, 0.4) is 0 Å². The second kappa shape index (κ2) is 7.23. The van der Waals surface area contributed by atoms with Gasteiger partial charge in [0.05, 0.1) is 25.0 Å². The normalized spacial score (nSPS) is 15.9. The minimum absolute atomic E-state index is 0.0458. The van der Waals surface area contributed by atoms with Crippen molar-refractivity contribution in [2.45, 2.75) is 32.2 Å². The zero-order valence-electron chi connectivity index (χ0n) is 15.5. The maximum Gasteiger partial charge on any atom is 0.270 e. The molecule has 1 N–H and O–H groups in total. The summed E-state index contributed by atoms with van der Waals surface area (Å²) in [5.74, 6) is 0.671. The second-order valence-electron chi connectivity index (χ2n) is 6.79. The van der Waals surface area contributed by atoms with E-state index in [0.717, 1.165) is 47.5 Å². The Morgan fingerprint density at radius 3 is 2.81 bits per heavy atom. The lowest BCUT2D eigenvalue weighted by Gasteiger charge is -2.24. The highest BCUT2D eigenvalue weighted by Crippen LogP contribution is 2.31. The maximum atomic E-state index is 12.6. The zero-order valence-corrected chi connectivity index (χ0v) is 15.5. The number of benzene rings is 1. The summed E-state index contributed by atoms with van der Waals surface area (Å²) in [5, 5.41) is 7.70. The average Bonchev–Trinajstić information content (AvgIpc) is 3.13. The lowest BCUT2D eigenvalue weighted by molar-refractivity contribution is 0.0927. The van der Waals surface area contributed by atoms with Gasteiger partial charge in [0, 0.05) is 17.5 Å². The van der Waals surface area contributed by atoms with E-state index in [0.29, 0.717) is 5.69 Å². The fourth-order valence-electron chi connectivity index (χ4n) is 3.55. The number of nitrogens with zero attached hydrogens (tertiary/aromatic N) is 3. The van der Waals surface area contributed by atoms with Crippen molar-refractivity contribution < 1.29 is 9.53 Å². The Morgan fingerprint density at radius 1 is 1.26 bits per heavy atom. The van der Waals surface area contributed by atoms with Crippen LogP contribution < -0.4 is 10.1 Å². The van der Waals surface area contributed by atoms with Crippen molar-refractivity contribution in [3.8, 4) is 11.4 Å². The van der Waals surface area contributed by atoms with Crippen molar-refractivity contribution in [3.05, 3.63) is 71.3 Å². The Morgan fingerprint density at radius 2 is 2.07 bits per heavy atom. The van der Waals surface area contributed by atoms with Crippen molar-refractivity contribution in [3.63, 3.8) is 0 Å². The van der Waals surface area contributed by atoms with Crippen LogP contribution in [0.2, 0.25) is 0 Å². The Labute approximate surface area is 158 Å². The van der Waals surface area contributed by atoms with Crippen molar-refractivity contribution in [2.24, 2.45) is 0 Å². The Balaban J connectivity index is 1.59. The molecule has 0 aliphatic heterocycles. The van der Waals surface area contributed by atoms with Gasteiger partial charge in [0.2, 0.25) is 0 Å². The molecule has 0 saturated carbocycles. The molecule has 4 rings (SSSR count). The molecule has 6 nitrogen and oxygen atoms in total. The highest BCUT2D eigenvalue weighted by atomic mass is 16.5. The summed E-state index contributed by atoms with van der Waals surface area (Å²) in [7, 11) is 1.65. The quantitative estimate of drug-likeness (QED) is 0.772. The monoisotopic (exact) mass is 362 g/mol. The molecule has 0 fully saturated rings. The molecule has 1 aliphatic carbocycles. The molecule has 0 bridgehead atoms. The van der Waals surface area contributed by atoms with E-state index in [1.165, 1.54) is 0 Å². The zero-order chi connectivity index (χ0) is 18.8. The van der Waals surface area contributed by atoms with E-state index < -0.39 is 0 Å². The van der Waals surface area contributed by atoms with E-state index in [9.17, 15) is 4.79 Å². The van der Waals surface area contributed by atoms with Crippen molar-refractivity contribution >= 4 is 5.91 Å². The van der Waals surface area contributed by atoms with Gasteiger partial charge in [0.25, 0.3) is 5.91 Å². The van der Waals surface area contributed by atoms with Crippen molar-refractivity contribution in [2.75, 3.05) is 7.11 Å². The molecule has 27 heavy (non-hydrogen) atoms. The highest BCUT2D eigenvalue weighted by molar-refractivity contribution is 5.92. The van der Waals surface area contributed by atoms with Crippen molar-refractivity contribution in [1.29, 1.82) is 0 Å². The Bertz CT molecular complexity index is 963. The number of ether oxygens (including phenoxy) is 1. The first-order valence-electron chi connectivity index (χ1n) is 9.10. The van der Waals surface area contributed by atoms with Crippen LogP contribution in [0, 0.1) is 6.92 Å². The SMILES string of the molecule is COc1ccc(-n2ncc3c2CCCC3NC(=O)c2cc(C)ccn2)cc1. The van der Waals surface area contributed by atoms with Gasteiger partial charge in [-0.3, -0.25) is 9.78 Å². The molecule has 0 saturated heterocycles. The predicted molar refractivity (Wildman–Crippen MR) is 102 cm³/mol. The number of aromatic nitrogens is 3. The van der Waals surface area contributed by atoms with Crippen LogP contribution in [0.15, 0.2) is 48.8 Å². The van der Waals surface area contributed by atoms with Gasteiger partial charge in [-0.1, -0.05) is 0 Å². The smallest absolute Gasteiger partial charge is 0.270 e. The fraction of sp³-hybridized carbons (Fsp3) is 0.286. The number of aryl methyl sites for hydroxylation is 1. The van der Waals surface area contributed by atoms with E-state index in [4.69, 9.17) is 4.74 Å². The van der Waals surface area contributed by atoms with Crippen molar-refractivity contribution in [1.82, 2.24) is 20.1 Å². The van der Waals surface area contributed by atoms with Crippen LogP contribution in [-0.4, -0.2) is 27.8 Å². The third kappa shape index (κ3) is 3.43. The van der Waals surface area contributed by atoms with Gasteiger partial charge in [0.1, 0.15) is 11.4 Å². The van der Waals surface area contributed by atoms with Crippen LogP contribution in [0.25, 0.3) is 5.69 Å². The first kappa shape index (κ1) is 17.3. The molecular weight excluding hydrogens is 340 g/mol. The third-order valence-corrected chi connectivity index (χ3v) is 4.95. The van der Waals surface area contributed by atoms with Crippen LogP contribution in [0.1, 0.15) is 46.2 Å². The minimum atomic E-state index is -0.145. The molecule has 1 amide bonds. The predicted octanol–water partition coefficient (Wildman–Crippen LogP) is 3.39. The molecule has 2 heterocycles. The summed E-state index contributed by atoms with van der Waals surface area (Å²) in [6, 6.07) is 11.5. The Hall–Kier alpha value is -3.15. The number of carbonyl (C=O) groups is 1. The van der Waals surface area contributed by atoms with Crippen LogP contribution in [0.5, 0.6) is 5.75 Å². The number of hydrogen-bond acceptors (Lipinski definition) is 4. The summed E-state index contributed by atoms with van der Waals surface area (Å²) in [5.41, 5.74) is 4.69. The molecule has 138 valence electrons. The summed E-state index contributed by atoms with van der Waals surface area (Å²) in [4.78, 5) is 16.8. The van der Waals surface area contributed by atoms with Gasteiger partial charge in [0.15, 0.2) is 0 Å². The molecule has 1 atom stereocenters. The molecule has 1 unspecified atom stereocenters. The maximum absolute atomic E-state index is 12.6. The number of pyridine rings is 1. The summed E-state index contributed by atoms with van der Waals surface area (Å²) >= 11 is 0. The molecular formula is C21H22N4O2. The summed E-state index contributed by atoms with van der Waals surface area (Å²) in [6.45, 7) is 1.95. The highest BCUT2D eigenvalue weighted by Gasteiger charge is 2.26. The van der Waals surface area contributed by atoms with E-state index in [-0.39, 0.29) is 11.9 Å². The van der Waals surface area contributed by atoms with Crippen LogP contribution in [0.4, 0.5) is 0 Å².